The number of hydrogen-bond donors (Lipinski definition) is 0. The van der Waals surface area contributed by atoms with Gasteiger partial charge in [-0.3, -0.25) is 4.79 Å². The van der Waals surface area contributed by atoms with Crippen molar-refractivity contribution in [1.29, 1.82) is 0 Å². The van der Waals surface area contributed by atoms with Gasteiger partial charge in [-0.2, -0.15) is 4.31 Å². The smallest absolute Gasteiger partial charge is 0.330 e. The molecular formula is C17H22N2O6S. The molecule has 0 aliphatic carbocycles. The third-order valence-electron chi connectivity index (χ3n) is 4.10. The molecule has 0 N–H and O–H groups in total. The van der Waals surface area contributed by atoms with Crippen molar-refractivity contribution in [1.82, 2.24) is 9.21 Å². The predicted octanol–water partition coefficient (Wildman–Crippen LogP) is 0.734. The lowest BCUT2D eigenvalue weighted by atomic mass is 10.2. The highest BCUT2D eigenvalue weighted by Crippen LogP contribution is 2.29. The van der Waals surface area contributed by atoms with Gasteiger partial charge in [0.05, 0.1) is 14.2 Å². The number of rotatable bonds is 5. The van der Waals surface area contributed by atoms with Gasteiger partial charge in [0.25, 0.3) is 0 Å². The second-order valence-corrected chi connectivity index (χ2v) is 7.58. The molecule has 8 nitrogen and oxygen atoms in total. The van der Waals surface area contributed by atoms with E-state index < -0.39 is 16.0 Å². The largest absolute Gasteiger partial charge is 0.495 e. The molecule has 0 saturated carbocycles. The molecule has 1 aliphatic rings. The molecule has 1 aromatic rings. The maximum Gasteiger partial charge on any atom is 0.330 e. The molecule has 2 rings (SSSR count). The molecule has 0 bridgehead atoms. The zero-order valence-electron chi connectivity index (χ0n) is 15.0. The number of piperazine rings is 1. The SMILES string of the molecule is COC(=O)C=Cc1ccc(OC)c(S(=O)(=O)N2CCN(C(C)=O)CC2)c1. The lowest BCUT2D eigenvalue weighted by Gasteiger charge is -2.33. The lowest BCUT2D eigenvalue weighted by molar-refractivity contribution is -0.134. The van der Waals surface area contributed by atoms with Crippen molar-refractivity contribution < 1.29 is 27.5 Å². The van der Waals surface area contributed by atoms with Gasteiger partial charge >= 0.3 is 5.97 Å². The third kappa shape index (κ3) is 4.41. The van der Waals surface area contributed by atoms with E-state index in [1.54, 1.807) is 11.0 Å². The van der Waals surface area contributed by atoms with Crippen molar-refractivity contribution in [3.8, 4) is 5.75 Å². The highest BCUT2D eigenvalue weighted by atomic mass is 32.2. The van der Waals surface area contributed by atoms with Crippen molar-refractivity contribution in [2.45, 2.75) is 11.8 Å². The number of benzene rings is 1. The van der Waals surface area contributed by atoms with Crippen LogP contribution in [0.15, 0.2) is 29.2 Å². The number of sulfonamides is 1. The first-order valence-corrected chi connectivity index (χ1v) is 9.43. The van der Waals surface area contributed by atoms with Gasteiger partial charge in [-0.05, 0) is 23.8 Å². The average Bonchev–Trinajstić information content (AvgIpc) is 2.65. The Kier molecular flexibility index (Phi) is 6.38. The van der Waals surface area contributed by atoms with Crippen LogP contribution in [0.25, 0.3) is 6.08 Å². The minimum absolute atomic E-state index is 0.0169. The zero-order valence-corrected chi connectivity index (χ0v) is 15.8. The monoisotopic (exact) mass is 382 g/mol. The number of methoxy groups -OCH3 is 2. The molecule has 1 amide bonds. The minimum Gasteiger partial charge on any atom is -0.495 e. The van der Waals surface area contributed by atoms with E-state index in [0.29, 0.717) is 18.7 Å². The number of carbonyl (C=O) groups is 2. The first-order valence-electron chi connectivity index (χ1n) is 7.99. The molecule has 0 aromatic heterocycles. The fourth-order valence-electron chi connectivity index (χ4n) is 2.61. The van der Waals surface area contributed by atoms with E-state index in [-0.39, 0.29) is 29.6 Å². The van der Waals surface area contributed by atoms with Gasteiger partial charge < -0.3 is 14.4 Å². The standard InChI is InChI=1S/C17H22N2O6S/c1-13(20)18-8-10-19(11-9-18)26(22,23)16-12-14(4-6-15(16)24-2)5-7-17(21)25-3/h4-7,12H,8-11H2,1-3H3. The Morgan fingerprint density at radius 1 is 1.12 bits per heavy atom. The molecule has 0 unspecified atom stereocenters. The van der Waals surface area contributed by atoms with Gasteiger partial charge in [0.2, 0.25) is 15.9 Å². The Morgan fingerprint density at radius 2 is 1.77 bits per heavy atom. The molecule has 0 spiro atoms. The highest BCUT2D eigenvalue weighted by molar-refractivity contribution is 7.89. The Balaban J connectivity index is 2.31. The quantitative estimate of drug-likeness (QED) is 0.551. The van der Waals surface area contributed by atoms with Gasteiger partial charge in [-0.25, -0.2) is 13.2 Å². The first kappa shape index (κ1) is 19.9. The number of amides is 1. The summed E-state index contributed by atoms with van der Waals surface area (Å²) >= 11 is 0. The van der Waals surface area contributed by atoms with Crippen molar-refractivity contribution in [2.24, 2.45) is 0 Å². The summed E-state index contributed by atoms with van der Waals surface area (Å²) in [6, 6.07) is 4.63. The summed E-state index contributed by atoms with van der Waals surface area (Å²) in [6.45, 7) is 2.59. The molecule has 1 aromatic carbocycles. The van der Waals surface area contributed by atoms with Gasteiger partial charge in [-0.1, -0.05) is 6.07 Å². The van der Waals surface area contributed by atoms with Crippen molar-refractivity contribution in [3.63, 3.8) is 0 Å². The molecule has 1 saturated heterocycles. The van der Waals surface area contributed by atoms with Crippen molar-refractivity contribution in [2.75, 3.05) is 40.4 Å². The number of nitrogens with zero attached hydrogens (tertiary/aromatic N) is 2. The van der Waals surface area contributed by atoms with Crippen LogP contribution in [-0.4, -0.2) is 69.9 Å². The summed E-state index contributed by atoms with van der Waals surface area (Å²) in [6.07, 6.45) is 2.68. The maximum absolute atomic E-state index is 13.0. The number of esters is 1. The van der Waals surface area contributed by atoms with E-state index in [0.717, 1.165) is 0 Å². The average molecular weight is 382 g/mol. The van der Waals surface area contributed by atoms with Crippen LogP contribution < -0.4 is 4.74 Å². The summed E-state index contributed by atoms with van der Waals surface area (Å²) in [5.74, 6) is -0.394. The predicted molar refractivity (Wildman–Crippen MR) is 95.1 cm³/mol. The summed E-state index contributed by atoms with van der Waals surface area (Å²) in [5, 5.41) is 0. The Hall–Kier alpha value is -2.39. The molecule has 142 valence electrons. The number of carbonyl (C=O) groups excluding carboxylic acids is 2. The molecule has 1 aliphatic heterocycles. The summed E-state index contributed by atoms with van der Waals surface area (Å²) in [4.78, 5) is 24.3. The second kappa shape index (κ2) is 8.33. The fourth-order valence-corrected chi connectivity index (χ4v) is 4.23. The van der Waals surface area contributed by atoms with E-state index in [4.69, 9.17) is 4.74 Å². The Morgan fingerprint density at radius 3 is 2.31 bits per heavy atom. The molecule has 0 atom stereocenters. The Bertz CT molecular complexity index is 811. The fraction of sp³-hybridized carbons (Fsp3) is 0.412. The topological polar surface area (TPSA) is 93.2 Å². The normalized spacial score (nSPS) is 15.9. The van der Waals surface area contributed by atoms with E-state index in [1.165, 1.54) is 49.7 Å². The van der Waals surface area contributed by atoms with Crippen LogP contribution in [0, 0.1) is 0 Å². The molecular weight excluding hydrogens is 360 g/mol. The summed E-state index contributed by atoms with van der Waals surface area (Å²) < 4.78 is 37.1. The number of ether oxygens (including phenoxy) is 2. The number of hydrogen-bond acceptors (Lipinski definition) is 6. The van der Waals surface area contributed by atoms with Crippen LogP contribution in [0.1, 0.15) is 12.5 Å². The van der Waals surface area contributed by atoms with Gasteiger partial charge in [0.15, 0.2) is 0 Å². The molecule has 1 heterocycles. The highest BCUT2D eigenvalue weighted by Gasteiger charge is 2.31. The summed E-state index contributed by atoms with van der Waals surface area (Å²) in [7, 11) is -1.14. The van der Waals surface area contributed by atoms with Crippen LogP contribution in [-0.2, 0) is 24.3 Å². The minimum atomic E-state index is -3.80. The molecule has 26 heavy (non-hydrogen) atoms. The zero-order chi connectivity index (χ0) is 19.3. The van der Waals surface area contributed by atoms with Crippen LogP contribution in [0.3, 0.4) is 0 Å². The third-order valence-corrected chi connectivity index (χ3v) is 6.02. The van der Waals surface area contributed by atoms with E-state index in [9.17, 15) is 18.0 Å². The van der Waals surface area contributed by atoms with Crippen LogP contribution in [0.4, 0.5) is 0 Å². The van der Waals surface area contributed by atoms with Gasteiger partial charge in [0.1, 0.15) is 10.6 Å². The summed E-state index contributed by atoms with van der Waals surface area (Å²) in [5.41, 5.74) is 0.525. The molecule has 0 radical (unpaired) electrons. The van der Waals surface area contributed by atoms with E-state index in [2.05, 4.69) is 4.74 Å². The molecule has 9 heteroatoms. The van der Waals surface area contributed by atoms with Gasteiger partial charge in [0, 0.05) is 39.2 Å². The van der Waals surface area contributed by atoms with Crippen LogP contribution in [0.5, 0.6) is 5.75 Å². The van der Waals surface area contributed by atoms with Crippen LogP contribution in [0.2, 0.25) is 0 Å². The van der Waals surface area contributed by atoms with Crippen molar-refractivity contribution >= 4 is 28.0 Å². The molecule has 1 fully saturated rings. The Labute approximate surface area is 153 Å². The van der Waals surface area contributed by atoms with E-state index >= 15 is 0 Å². The first-order chi connectivity index (χ1) is 12.3. The van der Waals surface area contributed by atoms with E-state index in [1.807, 2.05) is 0 Å². The van der Waals surface area contributed by atoms with Crippen molar-refractivity contribution in [3.05, 3.63) is 29.8 Å². The van der Waals surface area contributed by atoms with Gasteiger partial charge in [-0.15, -0.1) is 0 Å². The second-order valence-electron chi connectivity index (χ2n) is 5.68. The maximum atomic E-state index is 13.0. The van der Waals surface area contributed by atoms with Crippen LogP contribution >= 0.6 is 0 Å². The lowest BCUT2D eigenvalue weighted by Crippen LogP contribution is -2.49.